The van der Waals surface area contributed by atoms with E-state index in [9.17, 15) is 0 Å². The summed E-state index contributed by atoms with van der Waals surface area (Å²) in [6.45, 7) is 5.59. The zero-order valence-corrected chi connectivity index (χ0v) is 7.82. The van der Waals surface area contributed by atoms with E-state index in [0.29, 0.717) is 4.99 Å². The maximum atomic E-state index is 5.08. The van der Waals surface area contributed by atoms with E-state index in [-0.39, 0.29) is 0 Å². The molecule has 0 atom stereocenters. The number of benzene rings is 1. The van der Waals surface area contributed by atoms with E-state index in [0.717, 1.165) is 5.56 Å². The smallest absolute Gasteiger partial charge is 0.110 e. The van der Waals surface area contributed by atoms with Gasteiger partial charge in [-0.05, 0) is 13.1 Å². The van der Waals surface area contributed by atoms with Crippen LogP contribution in [0.15, 0.2) is 37.0 Å². The van der Waals surface area contributed by atoms with Crippen LogP contribution in [-0.2, 0) is 0 Å². The van der Waals surface area contributed by atoms with E-state index < -0.39 is 0 Å². The van der Waals surface area contributed by atoms with Crippen molar-refractivity contribution in [1.29, 1.82) is 0 Å². The van der Waals surface area contributed by atoms with Crippen molar-refractivity contribution in [2.24, 2.45) is 0 Å². The van der Waals surface area contributed by atoms with E-state index >= 15 is 0 Å². The Kier molecular flexibility index (Phi) is 3.00. The van der Waals surface area contributed by atoms with Crippen LogP contribution in [0.1, 0.15) is 11.1 Å². The van der Waals surface area contributed by atoms with Crippen LogP contribution in [0.2, 0.25) is 0 Å². The average Bonchev–Trinajstić information content (AvgIpc) is 2.06. The summed E-state index contributed by atoms with van der Waals surface area (Å²) in [7, 11) is 0. The van der Waals surface area contributed by atoms with Crippen LogP contribution < -0.4 is 5.32 Å². The number of nitrogens with one attached hydrogen (secondary N) is 1. The lowest BCUT2D eigenvalue weighted by atomic mass is 10.1. The minimum absolute atomic E-state index is 0.713. The number of hydrogen-bond acceptors (Lipinski definition) is 1. The molecule has 0 radical (unpaired) electrons. The molecule has 0 fully saturated rings. The molecule has 0 aliphatic heterocycles. The predicted molar refractivity (Wildman–Crippen MR) is 56.2 cm³/mol. The lowest BCUT2D eigenvalue weighted by Gasteiger charge is -2.02. The van der Waals surface area contributed by atoms with Gasteiger partial charge in [0.2, 0.25) is 0 Å². The SMILES string of the molecule is C=CNC(=S)c1ccc(C)cc1. The molecule has 0 saturated carbocycles. The summed E-state index contributed by atoms with van der Waals surface area (Å²) in [5.41, 5.74) is 2.26. The van der Waals surface area contributed by atoms with Gasteiger partial charge in [-0.3, -0.25) is 0 Å². The number of aryl methyl sites for hydroxylation is 1. The largest absolute Gasteiger partial charge is 0.353 e. The predicted octanol–water partition coefficient (Wildman–Crippen LogP) is 2.40. The molecule has 0 heterocycles. The maximum Gasteiger partial charge on any atom is 0.110 e. The Bertz CT molecular complexity index is 287. The Morgan fingerprint density at radius 2 is 2.00 bits per heavy atom. The number of rotatable bonds is 2. The summed E-state index contributed by atoms with van der Waals surface area (Å²) in [6.07, 6.45) is 1.59. The molecule has 0 unspecified atom stereocenters. The Morgan fingerprint density at radius 3 is 2.50 bits per heavy atom. The first-order chi connectivity index (χ1) is 5.74. The quantitative estimate of drug-likeness (QED) is 0.696. The zero-order chi connectivity index (χ0) is 8.97. The Morgan fingerprint density at radius 1 is 1.42 bits per heavy atom. The minimum Gasteiger partial charge on any atom is -0.353 e. The highest BCUT2D eigenvalue weighted by atomic mass is 32.1. The summed E-state index contributed by atoms with van der Waals surface area (Å²) in [4.78, 5) is 0.713. The Hall–Kier alpha value is -1.15. The molecule has 0 saturated heterocycles. The number of thiocarbonyl (C=S) groups is 1. The molecule has 0 spiro atoms. The van der Waals surface area contributed by atoms with Crippen LogP contribution in [0, 0.1) is 6.92 Å². The Balaban J connectivity index is 2.82. The minimum atomic E-state index is 0.713. The molecule has 1 aromatic carbocycles. The second-order valence-corrected chi connectivity index (χ2v) is 2.95. The second-order valence-electron chi connectivity index (χ2n) is 2.54. The molecule has 0 aliphatic rings. The standard InChI is InChI=1S/C10H11NS/c1-3-11-10(12)9-6-4-8(2)5-7-9/h3-7H,1H2,2H3,(H,11,12). The van der Waals surface area contributed by atoms with Crippen molar-refractivity contribution in [3.63, 3.8) is 0 Å². The average molecular weight is 177 g/mol. The lowest BCUT2D eigenvalue weighted by Crippen LogP contribution is -2.14. The van der Waals surface area contributed by atoms with Crippen molar-refractivity contribution in [2.75, 3.05) is 0 Å². The van der Waals surface area contributed by atoms with Crippen LogP contribution in [0.25, 0.3) is 0 Å². The third-order valence-electron chi connectivity index (χ3n) is 1.55. The molecule has 0 amide bonds. The first-order valence-electron chi connectivity index (χ1n) is 3.72. The second kappa shape index (κ2) is 4.02. The zero-order valence-electron chi connectivity index (χ0n) is 7.00. The number of hydrogen-bond donors (Lipinski definition) is 1. The maximum absolute atomic E-state index is 5.08. The van der Waals surface area contributed by atoms with Crippen molar-refractivity contribution >= 4 is 17.2 Å². The van der Waals surface area contributed by atoms with Crippen molar-refractivity contribution < 1.29 is 0 Å². The van der Waals surface area contributed by atoms with Gasteiger partial charge in [0, 0.05) is 5.56 Å². The molecule has 0 aromatic heterocycles. The molecule has 2 heteroatoms. The molecular formula is C10H11NS. The molecule has 1 nitrogen and oxygen atoms in total. The molecular weight excluding hydrogens is 166 g/mol. The molecule has 1 aromatic rings. The first-order valence-corrected chi connectivity index (χ1v) is 4.13. The van der Waals surface area contributed by atoms with E-state index in [1.807, 2.05) is 31.2 Å². The van der Waals surface area contributed by atoms with E-state index in [1.165, 1.54) is 5.56 Å². The van der Waals surface area contributed by atoms with Crippen molar-refractivity contribution in [2.45, 2.75) is 6.92 Å². The summed E-state index contributed by atoms with van der Waals surface area (Å²) >= 11 is 5.08. The lowest BCUT2D eigenvalue weighted by molar-refractivity contribution is 1.31. The summed E-state index contributed by atoms with van der Waals surface area (Å²) in [5.74, 6) is 0. The molecule has 0 bridgehead atoms. The van der Waals surface area contributed by atoms with Crippen LogP contribution in [-0.4, -0.2) is 4.99 Å². The van der Waals surface area contributed by atoms with Crippen LogP contribution in [0.4, 0.5) is 0 Å². The van der Waals surface area contributed by atoms with E-state index in [2.05, 4.69) is 11.9 Å². The van der Waals surface area contributed by atoms with Gasteiger partial charge in [0.05, 0.1) is 0 Å². The molecule has 12 heavy (non-hydrogen) atoms. The van der Waals surface area contributed by atoms with Crippen LogP contribution >= 0.6 is 12.2 Å². The molecule has 62 valence electrons. The Labute approximate surface area is 78.1 Å². The fraction of sp³-hybridized carbons (Fsp3) is 0.100. The van der Waals surface area contributed by atoms with Gasteiger partial charge in [0.1, 0.15) is 4.99 Å². The van der Waals surface area contributed by atoms with Gasteiger partial charge in [0.15, 0.2) is 0 Å². The monoisotopic (exact) mass is 177 g/mol. The highest BCUT2D eigenvalue weighted by molar-refractivity contribution is 7.80. The molecule has 0 aliphatic carbocycles. The molecule has 1 N–H and O–H groups in total. The summed E-state index contributed by atoms with van der Waals surface area (Å²) in [6, 6.07) is 8.06. The first kappa shape index (κ1) is 8.94. The van der Waals surface area contributed by atoms with Crippen LogP contribution in [0.5, 0.6) is 0 Å². The van der Waals surface area contributed by atoms with Crippen molar-refractivity contribution in [3.05, 3.63) is 48.2 Å². The normalized spacial score (nSPS) is 9.08. The fourth-order valence-electron chi connectivity index (χ4n) is 0.881. The fourth-order valence-corrected chi connectivity index (χ4v) is 1.10. The summed E-state index contributed by atoms with van der Waals surface area (Å²) in [5, 5.41) is 2.88. The van der Waals surface area contributed by atoms with Crippen LogP contribution in [0.3, 0.4) is 0 Å². The van der Waals surface area contributed by atoms with Gasteiger partial charge in [-0.1, -0.05) is 48.6 Å². The highest BCUT2D eigenvalue weighted by Gasteiger charge is 1.96. The van der Waals surface area contributed by atoms with E-state index in [4.69, 9.17) is 12.2 Å². The molecule has 1 rings (SSSR count). The van der Waals surface area contributed by atoms with Gasteiger partial charge in [-0.2, -0.15) is 0 Å². The third kappa shape index (κ3) is 2.17. The third-order valence-corrected chi connectivity index (χ3v) is 1.90. The van der Waals surface area contributed by atoms with Crippen molar-refractivity contribution in [3.8, 4) is 0 Å². The van der Waals surface area contributed by atoms with Gasteiger partial charge >= 0.3 is 0 Å². The highest BCUT2D eigenvalue weighted by Crippen LogP contribution is 2.03. The van der Waals surface area contributed by atoms with Gasteiger partial charge in [0.25, 0.3) is 0 Å². The van der Waals surface area contributed by atoms with E-state index in [1.54, 1.807) is 6.20 Å². The van der Waals surface area contributed by atoms with Gasteiger partial charge in [-0.15, -0.1) is 0 Å². The van der Waals surface area contributed by atoms with Crippen molar-refractivity contribution in [1.82, 2.24) is 5.32 Å². The topological polar surface area (TPSA) is 12.0 Å². The van der Waals surface area contributed by atoms with Gasteiger partial charge in [-0.25, -0.2) is 0 Å². The van der Waals surface area contributed by atoms with Gasteiger partial charge < -0.3 is 5.32 Å². The summed E-state index contributed by atoms with van der Waals surface area (Å²) < 4.78 is 0.